The largest absolute Gasteiger partial charge is 0.342 e. The van der Waals surface area contributed by atoms with Gasteiger partial charge in [0.15, 0.2) is 5.13 Å². The maximum Gasteiger partial charge on any atom is 0.229 e. The molecule has 0 spiro atoms. The Hall–Kier alpha value is -2.81. The van der Waals surface area contributed by atoms with Crippen molar-refractivity contribution >= 4 is 39.9 Å². The number of benzene rings is 1. The summed E-state index contributed by atoms with van der Waals surface area (Å²) in [6.45, 7) is 3.17. The van der Waals surface area contributed by atoms with Gasteiger partial charge in [-0.3, -0.25) is 14.4 Å². The molecule has 1 aromatic heterocycles. The lowest BCUT2D eigenvalue weighted by Crippen LogP contribution is -2.44. The number of hydrogen-bond donors (Lipinski definition) is 1. The second-order valence-electron chi connectivity index (χ2n) is 7.76. The van der Waals surface area contributed by atoms with Crippen LogP contribution in [0.1, 0.15) is 25.0 Å². The predicted molar refractivity (Wildman–Crippen MR) is 112 cm³/mol. The van der Waals surface area contributed by atoms with Gasteiger partial charge in [-0.25, -0.2) is 9.37 Å². The molecule has 30 heavy (non-hydrogen) atoms. The van der Waals surface area contributed by atoms with Crippen molar-refractivity contribution in [2.45, 2.75) is 26.2 Å². The van der Waals surface area contributed by atoms with Crippen LogP contribution in [0.4, 0.5) is 15.2 Å². The summed E-state index contributed by atoms with van der Waals surface area (Å²) >= 11 is 1.40. The predicted octanol–water partition coefficient (Wildman–Crippen LogP) is 2.82. The van der Waals surface area contributed by atoms with Crippen LogP contribution in [0, 0.1) is 24.6 Å². The highest BCUT2D eigenvalue weighted by Gasteiger charge is 2.38. The number of nitrogens with one attached hydrogen (secondary N) is 1. The molecule has 3 heterocycles. The van der Waals surface area contributed by atoms with Crippen LogP contribution in [0.2, 0.25) is 0 Å². The molecule has 2 aromatic rings. The summed E-state index contributed by atoms with van der Waals surface area (Å²) < 4.78 is 13.1. The molecule has 1 unspecified atom stereocenters. The number of amides is 3. The maximum atomic E-state index is 13.1. The highest BCUT2D eigenvalue weighted by atomic mass is 32.1. The van der Waals surface area contributed by atoms with Gasteiger partial charge in [-0.05, 0) is 44.0 Å². The number of nitrogens with zero attached hydrogens (tertiary/aromatic N) is 3. The highest BCUT2D eigenvalue weighted by Crippen LogP contribution is 2.28. The molecule has 158 valence electrons. The summed E-state index contributed by atoms with van der Waals surface area (Å²) in [7, 11) is 0. The van der Waals surface area contributed by atoms with Gasteiger partial charge in [0.25, 0.3) is 0 Å². The van der Waals surface area contributed by atoms with Crippen molar-refractivity contribution in [3.63, 3.8) is 0 Å². The van der Waals surface area contributed by atoms with Gasteiger partial charge in [-0.2, -0.15) is 0 Å². The van der Waals surface area contributed by atoms with Gasteiger partial charge in [0.2, 0.25) is 17.7 Å². The Labute approximate surface area is 177 Å². The number of thiazole rings is 1. The quantitative estimate of drug-likeness (QED) is 0.809. The lowest BCUT2D eigenvalue weighted by atomic mass is 9.94. The first-order valence-electron chi connectivity index (χ1n) is 9.98. The topological polar surface area (TPSA) is 82.6 Å². The van der Waals surface area contributed by atoms with Crippen LogP contribution >= 0.6 is 11.3 Å². The van der Waals surface area contributed by atoms with E-state index >= 15 is 0 Å². The van der Waals surface area contributed by atoms with E-state index in [1.54, 1.807) is 17.0 Å². The van der Waals surface area contributed by atoms with Crippen molar-refractivity contribution in [2.75, 3.05) is 29.9 Å². The molecule has 0 aliphatic carbocycles. The van der Waals surface area contributed by atoms with Crippen molar-refractivity contribution in [3.8, 4) is 0 Å². The number of piperidine rings is 1. The molecule has 2 aliphatic rings. The zero-order valence-corrected chi connectivity index (χ0v) is 17.5. The lowest BCUT2D eigenvalue weighted by Gasteiger charge is -2.32. The fourth-order valence-corrected chi connectivity index (χ4v) is 4.67. The Morgan fingerprint density at radius 3 is 2.50 bits per heavy atom. The van der Waals surface area contributed by atoms with Gasteiger partial charge in [0, 0.05) is 43.0 Å². The molecule has 2 fully saturated rings. The van der Waals surface area contributed by atoms with E-state index in [-0.39, 0.29) is 35.9 Å². The van der Waals surface area contributed by atoms with E-state index < -0.39 is 5.92 Å². The van der Waals surface area contributed by atoms with Gasteiger partial charge in [0.1, 0.15) is 5.82 Å². The third kappa shape index (κ3) is 4.35. The van der Waals surface area contributed by atoms with Crippen molar-refractivity contribution in [2.24, 2.45) is 11.8 Å². The van der Waals surface area contributed by atoms with Crippen molar-refractivity contribution < 1.29 is 18.8 Å². The Morgan fingerprint density at radius 2 is 1.87 bits per heavy atom. The standard InChI is InChI=1S/C21H23FN4O3S/c1-13-12-30-21(23-13)24-19(28)14-6-8-25(9-7-14)20(29)15-10-18(27)26(11-15)17-4-2-16(22)3-5-17/h2-5,12,14-15H,6-11H2,1H3,(H,23,24,28). The number of anilines is 2. The summed E-state index contributed by atoms with van der Waals surface area (Å²) in [6, 6.07) is 5.71. The number of rotatable bonds is 4. The Kier molecular flexibility index (Phi) is 5.80. The van der Waals surface area contributed by atoms with Crippen LogP contribution in [0.5, 0.6) is 0 Å². The number of hydrogen-bond acceptors (Lipinski definition) is 5. The number of halogens is 1. The van der Waals surface area contributed by atoms with E-state index in [0.717, 1.165) is 5.69 Å². The fraction of sp³-hybridized carbons (Fsp3) is 0.429. The van der Waals surface area contributed by atoms with Crippen LogP contribution in [0.3, 0.4) is 0 Å². The van der Waals surface area contributed by atoms with Gasteiger partial charge in [-0.15, -0.1) is 11.3 Å². The first kappa shape index (κ1) is 20.5. The highest BCUT2D eigenvalue weighted by molar-refractivity contribution is 7.13. The SMILES string of the molecule is Cc1csc(NC(=O)C2CCN(C(=O)C3CC(=O)N(c4ccc(F)cc4)C3)CC2)n1. The van der Waals surface area contributed by atoms with E-state index in [2.05, 4.69) is 10.3 Å². The van der Waals surface area contributed by atoms with Crippen molar-refractivity contribution in [1.82, 2.24) is 9.88 Å². The van der Waals surface area contributed by atoms with Crippen molar-refractivity contribution in [1.29, 1.82) is 0 Å². The van der Waals surface area contributed by atoms with Gasteiger partial charge in [0.05, 0.1) is 11.6 Å². The second kappa shape index (κ2) is 8.51. The summed E-state index contributed by atoms with van der Waals surface area (Å²) in [5.74, 6) is -1.18. The molecule has 1 atom stereocenters. The first-order chi connectivity index (χ1) is 14.4. The summed E-state index contributed by atoms with van der Waals surface area (Å²) in [5, 5.41) is 5.33. The molecular formula is C21H23FN4O3S. The molecule has 0 bridgehead atoms. The van der Waals surface area contributed by atoms with E-state index in [0.29, 0.717) is 43.3 Å². The van der Waals surface area contributed by atoms with E-state index in [9.17, 15) is 18.8 Å². The normalized spacial score (nSPS) is 19.9. The zero-order chi connectivity index (χ0) is 21.3. The number of carbonyl (C=O) groups is 3. The van der Waals surface area contributed by atoms with E-state index in [4.69, 9.17) is 0 Å². The number of aromatic nitrogens is 1. The zero-order valence-electron chi connectivity index (χ0n) is 16.6. The molecule has 2 saturated heterocycles. The molecule has 3 amide bonds. The van der Waals surface area contributed by atoms with Crippen LogP contribution in [0.25, 0.3) is 0 Å². The fourth-order valence-electron chi connectivity index (χ4n) is 3.98. The molecule has 9 heteroatoms. The van der Waals surface area contributed by atoms with E-state index in [1.165, 1.54) is 28.4 Å². The average Bonchev–Trinajstić information content (AvgIpc) is 3.33. The number of aryl methyl sites for hydroxylation is 1. The first-order valence-corrected chi connectivity index (χ1v) is 10.9. The summed E-state index contributed by atoms with van der Waals surface area (Å²) in [4.78, 5) is 45.3. The molecule has 4 rings (SSSR count). The summed E-state index contributed by atoms with van der Waals surface area (Å²) in [6.07, 6.45) is 1.33. The second-order valence-corrected chi connectivity index (χ2v) is 8.62. The third-order valence-electron chi connectivity index (χ3n) is 5.64. The maximum absolute atomic E-state index is 13.1. The van der Waals surface area contributed by atoms with Crippen LogP contribution < -0.4 is 10.2 Å². The van der Waals surface area contributed by atoms with Gasteiger partial charge >= 0.3 is 0 Å². The smallest absolute Gasteiger partial charge is 0.229 e. The van der Waals surface area contributed by atoms with Gasteiger partial charge < -0.3 is 15.1 Å². The number of carbonyl (C=O) groups excluding carboxylic acids is 3. The van der Waals surface area contributed by atoms with Gasteiger partial charge in [-0.1, -0.05) is 0 Å². The Bertz CT molecular complexity index is 953. The molecule has 0 radical (unpaired) electrons. The lowest BCUT2D eigenvalue weighted by molar-refractivity contribution is -0.138. The van der Waals surface area contributed by atoms with Crippen LogP contribution in [0.15, 0.2) is 29.6 Å². The molecular weight excluding hydrogens is 407 g/mol. The minimum Gasteiger partial charge on any atom is -0.342 e. The van der Waals surface area contributed by atoms with Crippen molar-refractivity contribution in [3.05, 3.63) is 41.2 Å². The average molecular weight is 431 g/mol. The number of likely N-dealkylation sites (tertiary alicyclic amines) is 1. The molecule has 1 N–H and O–H groups in total. The Morgan fingerprint density at radius 1 is 1.17 bits per heavy atom. The van der Waals surface area contributed by atoms with E-state index in [1.807, 2.05) is 12.3 Å². The minimum atomic E-state index is -0.411. The van der Waals surface area contributed by atoms with Crippen LogP contribution in [-0.2, 0) is 14.4 Å². The Balaban J connectivity index is 1.30. The molecule has 2 aliphatic heterocycles. The molecule has 7 nitrogen and oxygen atoms in total. The minimum absolute atomic E-state index is 0.0534. The third-order valence-corrected chi connectivity index (χ3v) is 6.51. The monoisotopic (exact) mass is 430 g/mol. The van der Waals surface area contributed by atoms with Crippen LogP contribution in [-0.4, -0.2) is 47.2 Å². The molecule has 1 aromatic carbocycles. The summed E-state index contributed by atoms with van der Waals surface area (Å²) in [5.41, 5.74) is 1.47. The molecule has 0 saturated carbocycles.